The number of aromatic nitrogens is 2. The van der Waals surface area contributed by atoms with Crippen LogP contribution in [0.2, 0.25) is 0 Å². The van der Waals surface area contributed by atoms with Crippen LogP contribution in [0.25, 0.3) is 11.0 Å². The van der Waals surface area contributed by atoms with Crippen LogP contribution in [-0.2, 0) is 27.4 Å². The van der Waals surface area contributed by atoms with Crippen LogP contribution in [0.15, 0.2) is 29.1 Å². The van der Waals surface area contributed by atoms with E-state index in [1.807, 2.05) is 31.2 Å². The predicted octanol–water partition coefficient (Wildman–Crippen LogP) is 1.67. The van der Waals surface area contributed by atoms with Crippen LogP contribution in [0, 0.1) is 5.92 Å². The number of hydrogen-bond acceptors (Lipinski definition) is 4. The first-order valence-electron chi connectivity index (χ1n) is 9.20. The lowest BCUT2D eigenvalue weighted by Crippen LogP contribution is -2.32. The van der Waals surface area contributed by atoms with Gasteiger partial charge in [0.1, 0.15) is 6.54 Å². The van der Waals surface area contributed by atoms with E-state index in [-0.39, 0.29) is 31.1 Å². The summed E-state index contributed by atoms with van der Waals surface area (Å²) in [6, 6.07) is 7.58. The zero-order valence-corrected chi connectivity index (χ0v) is 15.1. The van der Waals surface area contributed by atoms with Crippen LogP contribution in [-0.4, -0.2) is 34.2 Å². The quantitative estimate of drug-likeness (QED) is 0.691. The normalized spacial score (nSPS) is 13.7. The Bertz CT molecular complexity index is 848. The van der Waals surface area contributed by atoms with E-state index in [2.05, 4.69) is 5.32 Å². The molecular weight excluding hydrogens is 334 g/mol. The number of carbonyl (C=O) groups excluding carboxylic acids is 2. The Kier molecular flexibility index (Phi) is 5.75. The van der Waals surface area contributed by atoms with Gasteiger partial charge in [-0.1, -0.05) is 19.1 Å². The number of nitrogens with zero attached hydrogens (tertiary/aromatic N) is 2. The fourth-order valence-corrected chi connectivity index (χ4v) is 2.95. The lowest BCUT2D eigenvalue weighted by molar-refractivity contribution is -0.144. The SMILES string of the molecule is CCCn1c(=O)n(CCC(=O)NCC(=O)OCC2CC2)c2ccccc21. The number of amides is 1. The Morgan fingerprint density at radius 3 is 2.42 bits per heavy atom. The molecule has 0 spiro atoms. The smallest absolute Gasteiger partial charge is 0.329 e. The summed E-state index contributed by atoms with van der Waals surface area (Å²) in [6.45, 7) is 3.26. The Morgan fingerprint density at radius 1 is 1.15 bits per heavy atom. The molecule has 1 fully saturated rings. The molecule has 0 bridgehead atoms. The molecule has 0 unspecified atom stereocenters. The van der Waals surface area contributed by atoms with Crippen molar-refractivity contribution in [2.45, 2.75) is 45.7 Å². The van der Waals surface area contributed by atoms with Crippen molar-refractivity contribution < 1.29 is 14.3 Å². The maximum absolute atomic E-state index is 12.6. The van der Waals surface area contributed by atoms with Gasteiger partial charge in [-0.25, -0.2) is 4.79 Å². The molecule has 26 heavy (non-hydrogen) atoms. The Labute approximate surface area is 151 Å². The largest absolute Gasteiger partial charge is 0.464 e. The second kappa shape index (κ2) is 8.21. The van der Waals surface area contributed by atoms with Crippen LogP contribution in [0.4, 0.5) is 0 Å². The molecule has 1 amide bonds. The van der Waals surface area contributed by atoms with Gasteiger partial charge in [-0.05, 0) is 37.3 Å². The molecule has 3 rings (SSSR count). The summed E-state index contributed by atoms with van der Waals surface area (Å²) in [4.78, 5) is 36.2. The molecular formula is C19H25N3O4. The van der Waals surface area contributed by atoms with Gasteiger partial charge < -0.3 is 10.1 Å². The molecule has 1 N–H and O–H groups in total. The topological polar surface area (TPSA) is 82.3 Å². The van der Waals surface area contributed by atoms with Gasteiger partial charge in [0.2, 0.25) is 5.91 Å². The lowest BCUT2D eigenvalue weighted by atomic mass is 10.3. The van der Waals surface area contributed by atoms with E-state index in [1.165, 1.54) is 0 Å². The van der Waals surface area contributed by atoms with Crippen molar-refractivity contribution in [3.8, 4) is 0 Å². The monoisotopic (exact) mass is 359 g/mol. The van der Waals surface area contributed by atoms with Crippen LogP contribution in [0.1, 0.15) is 32.6 Å². The van der Waals surface area contributed by atoms with Crippen molar-refractivity contribution in [3.05, 3.63) is 34.7 Å². The maximum Gasteiger partial charge on any atom is 0.329 e. The number of fused-ring (bicyclic) bond motifs is 1. The summed E-state index contributed by atoms with van der Waals surface area (Å²) in [5.41, 5.74) is 1.59. The summed E-state index contributed by atoms with van der Waals surface area (Å²) in [5.74, 6) is -0.184. The number of hydrogen-bond donors (Lipinski definition) is 1. The van der Waals surface area contributed by atoms with Crippen molar-refractivity contribution in [1.29, 1.82) is 0 Å². The first kappa shape index (κ1) is 18.2. The maximum atomic E-state index is 12.6. The zero-order valence-electron chi connectivity index (χ0n) is 15.1. The van der Waals surface area contributed by atoms with E-state index in [9.17, 15) is 14.4 Å². The van der Waals surface area contributed by atoms with E-state index >= 15 is 0 Å². The molecule has 1 aromatic heterocycles. The summed E-state index contributed by atoms with van der Waals surface area (Å²) >= 11 is 0. The average Bonchev–Trinajstić information content (AvgIpc) is 3.43. The highest BCUT2D eigenvalue weighted by atomic mass is 16.5. The molecule has 0 saturated heterocycles. The second-order valence-corrected chi connectivity index (χ2v) is 6.73. The number of imidazole rings is 1. The predicted molar refractivity (Wildman–Crippen MR) is 97.8 cm³/mol. The summed E-state index contributed by atoms with van der Waals surface area (Å²) in [7, 11) is 0. The summed E-state index contributed by atoms with van der Waals surface area (Å²) in [5, 5.41) is 2.56. The summed E-state index contributed by atoms with van der Waals surface area (Å²) in [6.07, 6.45) is 3.22. The highest BCUT2D eigenvalue weighted by Crippen LogP contribution is 2.28. The molecule has 1 saturated carbocycles. The molecule has 1 aromatic carbocycles. The minimum absolute atomic E-state index is 0.107. The van der Waals surface area contributed by atoms with E-state index in [1.54, 1.807) is 9.13 Å². The van der Waals surface area contributed by atoms with Crippen molar-refractivity contribution in [1.82, 2.24) is 14.5 Å². The third-order valence-electron chi connectivity index (χ3n) is 4.54. The first-order chi connectivity index (χ1) is 12.6. The van der Waals surface area contributed by atoms with Crippen LogP contribution < -0.4 is 11.0 Å². The summed E-state index contributed by atoms with van der Waals surface area (Å²) < 4.78 is 8.43. The van der Waals surface area contributed by atoms with Crippen molar-refractivity contribution in [3.63, 3.8) is 0 Å². The molecule has 1 aliphatic rings. The zero-order chi connectivity index (χ0) is 18.5. The Morgan fingerprint density at radius 2 is 1.81 bits per heavy atom. The third-order valence-corrected chi connectivity index (χ3v) is 4.54. The van der Waals surface area contributed by atoms with E-state index in [0.29, 0.717) is 19.1 Å². The van der Waals surface area contributed by atoms with E-state index < -0.39 is 5.97 Å². The minimum Gasteiger partial charge on any atom is -0.464 e. The van der Waals surface area contributed by atoms with Crippen LogP contribution >= 0.6 is 0 Å². The van der Waals surface area contributed by atoms with Gasteiger partial charge in [0.05, 0.1) is 17.6 Å². The molecule has 0 radical (unpaired) electrons. The first-order valence-corrected chi connectivity index (χ1v) is 9.20. The van der Waals surface area contributed by atoms with Gasteiger partial charge in [-0.15, -0.1) is 0 Å². The highest BCUT2D eigenvalue weighted by molar-refractivity contribution is 5.82. The molecule has 7 heteroatoms. The number of ether oxygens (including phenoxy) is 1. The Balaban J connectivity index is 1.57. The van der Waals surface area contributed by atoms with Crippen molar-refractivity contribution in [2.24, 2.45) is 5.92 Å². The lowest BCUT2D eigenvalue weighted by Gasteiger charge is -2.06. The number of rotatable bonds is 9. The number of para-hydroxylation sites is 2. The van der Waals surface area contributed by atoms with Crippen LogP contribution in [0.5, 0.6) is 0 Å². The third kappa shape index (κ3) is 4.33. The van der Waals surface area contributed by atoms with Crippen molar-refractivity contribution >= 4 is 22.9 Å². The molecule has 7 nitrogen and oxygen atoms in total. The number of aryl methyl sites for hydroxylation is 2. The number of benzene rings is 1. The van der Waals surface area contributed by atoms with Gasteiger partial charge in [0.15, 0.2) is 0 Å². The fourth-order valence-electron chi connectivity index (χ4n) is 2.95. The standard InChI is InChI=1S/C19H25N3O4/c1-2-10-21-15-5-3-4-6-16(15)22(19(21)25)11-9-17(23)20-12-18(24)26-13-14-7-8-14/h3-6,14H,2,7-13H2,1H3,(H,20,23). The van der Waals surface area contributed by atoms with Gasteiger partial charge in [0, 0.05) is 19.5 Å². The average molecular weight is 359 g/mol. The van der Waals surface area contributed by atoms with Gasteiger partial charge in [-0.2, -0.15) is 0 Å². The second-order valence-electron chi connectivity index (χ2n) is 6.73. The number of esters is 1. The van der Waals surface area contributed by atoms with E-state index in [0.717, 1.165) is 30.3 Å². The van der Waals surface area contributed by atoms with Crippen LogP contribution in [0.3, 0.4) is 0 Å². The van der Waals surface area contributed by atoms with Crippen molar-refractivity contribution in [2.75, 3.05) is 13.2 Å². The molecule has 1 heterocycles. The van der Waals surface area contributed by atoms with Gasteiger partial charge in [0.25, 0.3) is 0 Å². The molecule has 0 atom stereocenters. The molecule has 0 aliphatic heterocycles. The molecule has 2 aromatic rings. The Hall–Kier alpha value is -2.57. The molecule has 140 valence electrons. The highest BCUT2D eigenvalue weighted by Gasteiger charge is 2.23. The van der Waals surface area contributed by atoms with E-state index in [4.69, 9.17) is 4.74 Å². The van der Waals surface area contributed by atoms with Gasteiger partial charge in [-0.3, -0.25) is 18.7 Å². The number of nitrogens with one attached hydrogen (secondary N) is 1. The fraction of sp³-hybridized carbons (Fsp3) is 0.526. The van der Waals surface area contributed by atoms with Gasteiger partial charge >= 0.3 is 11.7 Å². The molecule has 1 aliphatic carbocycles. The minimum atomic E-state index is -0.415. The number of carbonyl (C=O) groups is 2.